The quantitative estimate of drug-likeness (QED) is 0.339. The molecule has 0 saturated carbocycles. The van der Waals surface area contributed by atoms with Crippen molar-refractivity contribution in [1.82, 2.24) is 20.4 Å². The second-order valence-corrected chi connectivity index (χ2v) is 10.6. The molecule has 2 heterocycles. The Morgan fingerprint density at radius 2 is 1.71 bits per heavy atom. The van der Waals surface area contributed by atoms with Crippen LogP contribution in [0.15, 0.2) is 64.1 Å². The van der Waals surface area contributed by atoms with Crippen molar-refractivity contribution in [1.29, 1.82) is 0 Å². The fourth-order valence-electron chi connectivity index (χ4n) is 3.46. The number of hydrogen-bond acceptors (Lipinski definition) is 9. The molecule has 0 amide bonds. The monoisotopic (exact) mass is 478 g/mol. The first kappa shape index (κ1) is 23.4. The van der Waals surface area contributed by atoms with Crippen LogP contribution < -0.4 is 16.8 Å². The average molecular weight is 479 g/mol. The number of nitrogens with zero attached hydrogens (tertiary/aromatic N) is 3. The molecule has 5 N–H and O–H groups in total. The third kappa shape index (κ3) is 4.50. The van der Waals surface area contributed by atoms with Crippen LogP contribution in [0.5, 0.6) is 0 Å². The van der Waals surface area contributed by atoms with Crippen molar-refractivity contribution in [3.63, 3.8) is 0 Å². The minimum atomic E-state index is -3.50. The number of rotatable bonds is 7. The maximum Gasteiger partial charge on any atom is 0.189 e. The Balaban J connectivity index is 1.67. The van der Waals surface area contributed by atoms with E-state index in [4.69, 9.17) is 16.0 Å². The van der Waals surface area contributed by atoms with Gasteiger partial charge >= 0.3 is 0 Å². The van der Waals surface area contributed by atoms with Gasteiger partial charge in [-0.25, -0.2) is 18.4 Å². The smallest absolute Gasteiger partial charge is 0.189 e. The molecule has 0 radical (unpaired) electrons. The highest BCUT2D eigenvalue weighted by atomic mass is 32.2. The molecule has 4 aromatic rings. The van der Waals surface area contributed by atoms with Gasteiger partial charge in [-0.1, -0.05) is 35.5 Å². The van der Waals surface area contributed by atoms with Gasteiger partial charge in [0.05, 0.1) is 27.7 Å². The predicted octanol–water partition coefficient (Wildman–Crippen LogP) is 3.53. The SMILES string of the molecule is CNCc1ccc(-c2cc(-c3nc(-c4ccc(S(=O)(=O)C(C)C)c(N)c4)cnc3N)on2)cc1. The lowest BCUT2D eigenvalue weighted by atomic mass is 10.1. The summed E-state index contributed by atoms with van der Waals surface area (Å²) < 4.78 is 30.5. The van der Waals surface area contributed by atoms with Gasteiger partial charge in [0, 0.05) is 23.7 Å². The minimum Gasteiger partial charge on any atom is -0.398 e. The first-order valence-electron chi connectivity index (χ1n) is 10.7. The molecular formula is C24H26N6O3S. The summed E-state index contributed by atoms with van der Waals surface area (Å²) in [5.74, 6) is 0.552. The highest BCUT2D eigenvalue weighted by Crippen LogP contribution is 2.32. The van der Waals surface area contributed by atoms with Gasteiger partial charge in [0.15, 0.2) is 27.1 Å². The summed E-state index contributed by atoms with van der Waals surface area (Å²) in [4.78, 5) is 8.92. The van der Waals surface area contributed by atoms with E-state index in [0.717, 1.165) is 17.7 Å². The van der Waals surface area contributed by atoms with E-state index in [1.165, 1.54) is 12.3 Å². The van der Waals surface area contributed by atoms with Crippen molar-refractivity contribution in [2.75, 3.05) is 18.5 Å². The van der Waals surface area contributed by atoms with Crippen LogP contribution in [0, 0.1) is 0 Å². The van der Waals surface area contributed by atoms with Gasteiger partial charge in [-0.3, -0.25) is 0 Å². The zero-order valence-electron chi connectivity index (χ0n) is 19.1. The Morgan fingerprint density at radius 1 is 1.00 bits per heavy atom. The normalized spacial score (nSPS) is 11.8. The number of anilines is 2. The van der Waals surface area contributed by atoms with Gasteiger partial charge in [0.25, 0.3) is 0 Å². The van der Waals surface area contributed by atoms with Crippen molar-refractivity contribution in [3.05, 3.63) is 60.3 Å². The van der Waals surface area contributed by atoms with Crippen LogP contribution in [0.2, 0.25) is 0 Å². The number of nitrogen functional groups attached to an aromatic ring is 2. The summed E-state index contributed by atoms with van der Waals surface area (Å²) in [5, 5.41) is 6.68. The molecule has 0 unspecified atom stereocenters. The standard InChI is InChI=1S/C24H26N6O3S/c1-14(2)34(31,32)22-9-8-17(10-18(22)25)20-13-28-24(26)23(29-20)21-11-19(30-33-21)16-6-4-15(5-7-16)12-27-3/h4-11,13-14,27H,12,25H2,1-3H3,(H2,26,28). The molecule has 0 bridgehead atoms. The van der Waals surface area contributed by atoms with E-state index in [-0.39, 0.29) is 16.4 Å². The Kier molecular flexibility index (Phi) is 6.36. The highest BCUT2D eigenvalue weighted by Gasteiger charge is 2.22. The Hall–Kier alpha value is -3.76. The molecule has 176 valence electrons. The number of sulfone groups is 1. The molecule has 2 aromatic heterocycles. The van der Waals surface area contributed by atoms with E-state index in [2.05, 4.69) is 20.4 Å². The molecule has 0 saturated heterocycles. The second-order valence-electron chi connectivity index (χ2n) is 8.14. The summed E-state index contributed by atoms with van der Waals surface area (Å²) in [6, 6.07) is 14.4. The molecule has 34 heavy (non-hydrogen) atoms. The van der Waals surface area contributed by atoms with Crippen LogP contribution in [0.25, 0.3) is 34.0 Å². The molecule has 0 aliphatic carbocycles. The van der Waals surface area contributed by atoms with Crippen LogP contribution in [0.3, 0.4) is 0 Å². The summed E-state index contributed by atoms with van der Waals surface area (Å²) in [7, 11) is -1.61. The van der Waals surface area contributed by atoms with E-state index in [9.17, 15) is 8.42 Å². The Bertz CT molecular complexity index is 1430. The molecule has 4 rings (SSSR count). The van der Waals surface area contributed by atoms with Crippen molar-refractivity contribution in [3.8, 4) is 34.0 Å². The average Bonchev–Trinajstić information content (AvgIpc) is 3.30. The van der Waals surface area contributed by atoms with Gasteiger partial charge in [-0.05, 0) is 38.6 Å². The molecule has 0 aliphatic rings. The number of aromatic nitrogens is 3. The minimum absolute atomic E-state index is 0.0930. The van der Waals surface area contributed by atoms with Crippen molar-refractivity contribution < 1.29 is 12.9 Å². The summed E-state index contributed by atoms with van der Waals surface area (Å²) >= 11 is 0. The lowest BCUT2D eigenvalue weighted by Crippen LogP contribution is -2.15. The second kappa shape index (κ2) is 9.24. The highest BCUT2D eigenvalue weighted by molar-refractivity contribution is 7.92. The van der Waals surface area contributed by atoms with Gasteiger partial charge in [0.2, 0.25) is 0 Å². The zero-order valence-corrected chi connectivity index (χ0v) is 19.9. The first-order chi connectivity index (χ1) is 16.2. The molecule has 0 spiro atoms. The maximum atomic E-state index is 12.5. The van der Waals surface area contributed by atoms with Crippen LogP contribution in [-0.4, -0.2) is 35.8 Å². The first-order valence-corrected chi connectivity index (χ1v) is 12.2. The lowest BCUT2D eigenvalue weighted by molar-refractivity contribution is 0.434. The van der Waals surface area contributed by atoms with E-state index < -0.39 is 15.1 Å². The largest absolute Gasteiger partial charge is 0.398 e. The molecule has 0 atom stereocenters. The molecule has 10 heteroatoms. The van der Waals surface area contributed by atoms with E-state index in [0.29, 0.717) is 28.4 Å². The van der Waals surface area contributed by atoms with Crippen LogP contribution >= 0.6 is 0 Å². The molecular weight excluding hydrogens is 452 g/mol. The van der Waals surface area contributed by atoms with Gasteiger partial charge < -0.3 is 21.3 Å². The predicted molar refractivity (Wildman–Crippen MR) is 132 cm³/mol. The van der Waals surface area contributed by atoms with Crippen molar-refractivity contribution >= 4 is 21.3 Å². The number of benzene rings is 2. The molecule has 9 nitrogen and oxygen atoms in total. The van der Waals surface area contributed by atoms with Crippen molar-refractivity contribution in [2.24, 2.45) is 0 Å². The fraction of sp³-hybridized carbons (Fsp3) is 0.208. The Labute approximate surface area is 198 Å². The topological polar surface area (TPSA) is 150 Å². The zero-order chi connectivity index (χ0) is 24.5. The number of nitrogens with two attached hydrogens (primary N) is 2. The third-order valence-electron chi connectivity index (χ3n) is 5.41. The van der Waals surface area contributed by atoms with Crippen molar-refractivity contribution in [2.45, 2.75) is 30.5 Å². The molecule has 0 fully saturated rings. The molecule has 2 aromatic carbocycles. The molecule has 0 aliphatic heterocycles. The fourth-order valence-corrected chi connectivity index (χ4v) is 4.61. The van der Waals surface area contributed by atoms with Crippen LogP contribution in [0.4, 0.5) is 11.5 Å². The van der Waals surface area contributed by atoms with Gasteiger partial charge in [-0.2, -0.15) is 0 Å². The number of nitrogens with one attached hydrogen (secondary N) is 1. The van der Waals surface area contributed by atoms with E-state index in [1.807, 2.05) is 31.3 Å². The summed E-state index contributed by atoms with van der Waals surface area (Å²) in [5.41, 5.74) is 16.4. The summed E-state index contributed by atoms with van der Waals surface area (Å²) in [6.07, 6.45) is 1.50. The van der Waals surface area contributed by atoms with Crippen LogP contribution in [0.1, 0.15) is 19.4 Å². The van der Waals surface area contributed by atoms with Gasteiger partial charge in [-0.15, -0.1) is 0 Å². The maximum absolute atomic E-state index is 12.5. The Morgan fingerprint density at radius 3 is 2.35 bits per heavy atom. The van der Waals surface area contributed by atoms with E-state index >= 15 is 0 Å². The summed E-state index contributed by atoms with van der Waals surface area (Å²) in [6.45, 7) is 4.00. The van der Waals surface area contributed by atoms with Gasteiger partial charge in [0.1, 0.15) is 5.69 Å². The number of hydrogen-bond donors (Lipinski definition) is 3. The van der Waals surface area contributed by atoms with E-state index in [1.54, 1.807) is 32.0 Å². The van der Waals surface area contributed by atoms with Crippen LogP contribution in [-0.2, 0) is 16.4 Å². The third-order valence-corrected chi connectivity index (χ3v) is 7.63. The lowest BCUT2D eigenvalue weighted by Gasteiger charge is -2.12.